The van der Waals surface area contributed by atoms with Gasteiger partial charge in [-0.15, -0.1) is 0 Å². The highest BCUT2D eigenvalue weighted by atomic mass is 16.5. The van der Waals surface area contributed by atoms with Gasteiger partial charge < -0.3 is 9.84 Å². The van der Waals surface area contributed by atoms with Crippen LogP contribution in [0.4, 0.5) is 0 Å². The van der Waals surface area contributed by atoms with Gasteiger partial charge in [0.25, 0.3) is 0 Å². The van der Waals surface area contributed by atoms with Gasteiger partial charge in [-0.2, -0.15) is 4.98 Å². The van der Waals surface area contributed by atoms with Crippen LogP contribution in [0.25, 0.3) is 0 Å². The van der Waals surface area contributed by atoms with Crippen LogP contribution in [-0.2, 0) is 19.3 Å². The van der Waals surface area contributed by atoms with E-state index in [1.54, 1.807) is 0 Å². The monoisotopic (exact) mass is 245 g/mol. The fourth-order valence-electron chi connectivity index (χ4n) is 1.77. The van der Waals surface area contributed by atoms with E-state index in [9.17, 15) is 0 Å². The maximum atomic E-state index is 5.20. The van der Waals surface area contributed by atoms with Crippen LogP contribution in [0.1, 0.15) is 24.2 Å². The van der Waals surface area contributed by atoms with Crippen molar-refractivity contribution in [3.63, 3.8) is 0 Å². The van der Waals surface area contributed by atoms with E-state index in [1.807, 2.05) is 18.2 Å². The number of aromatic nitrogens is 2. The minimum absolute atomic E-state index is 0.721. The van der Waals surface area contributed by atoms with E-state index in [0.29, 0.717) is 0 Å². The third-order valence-corrected chi connectivity index (χ3v) is 2.76. The second-order valence-corrected chi connectivity index (χ2v) is 4.19. The lowest BCUT2D eigenvalue weighted by Crippen LogP contribution is -2.16. The summed E-state index contributed by atoms with van der Waals surface area (Å²) in [6.07, 6.45) is 2.58. The lowest BCUT2D eigenvalue weighted by molar-refractivity contribution is 0.371. The molecule has 4 heteroatoms. The van der Waals surface area contributed by atoms with Crippen LogP contribution in [0.2, 0.25) is 0 Å². The van der Waals surface area contributed by atoms with Crippen LogP contribution in [0.3, 0.4) is 0 Å². The Kier molecular flexibility index (Phi) is 4.90. The highest BCUT2D eigenvalue weighted by Gasteiger charge is 2.05. The molecule has 0 radical (unpaired) electrons. The third-order valence-electron chi connectivity index (χ3n) is 2.76. The van der Waals surface area contributed by atoms with E-state index in [2.05, 4.69) is 34.5 Å². The van der Waals surface area contributed by atoms with Crippen LogP contribution >= 0.6 is 0 Å². The number of rotatable bonds is 7. The number of nitrogens with zero attached hydrogens (tertiary/aromatic N) is 2. The standard InChI is InChI=1S/C14H19N3O/c1-2-15-11-10-14-16-13(17-18-14)9-8-12-6-4-3-5-7-12/h3-7,15H,2,8-11H2,1H3. The molecule has 0 unspecified atom stereocenters. The Bertz CT molecular complexity index is 453. The predicted octanol–water partition coefficient (Wildman–Crippen LogP) is 2.01. The molecular formula is C14H19N3O. The number of hydrogen-bond acceptors (Lipinski definition) is 4. The van der Waals surface area contributed by atoms with E-state index >= 15 is 0 Å². The van der Waals surface area contributed by atoms with Crippen molar-refractivity contribution in [2.75, 3.05) is 13.1 Å². The molecule has 4 nitrogen and oxygen atoms in total. The fourth-order valence-corrected chi connectivity index (χ4v) is 1.77. The lowest BCUT2D eigenvalue weighted by atomic mass is 10.1. The van der Waals surface area contributed by atoms with Gasteiger partial charge in [-0.3, -0.25) is 0 Å². The Hall–Kier alpha value is -1.68. The molecule has 0 spiro atoms. The summed E-state index contributed by atoms with van der Waals surface area (Å²) >= 11 is 0. The molecule has 18 heavy (non-hydrogen) atoms. The van der Waals surface area contributed by atoms with Gasteiger partial charge in [0.05, 0.1) is 0 Å². The van der Waals surface area contributed by atoms with Gasteiger partial charge in [0.15, 0.2) is 5.82 Å². The normalized spacial score (nSPS) is 10.7. The van der Waals surface area contributed by atoms with Gasteiger partial charge in [-0.25, -0.2) is 0 Å². The Morgan fingerprint density at radius 3 is 2.72 bits per heavy atom. The third kappa shape index (κ3) is 3.96. The maximum absolute atomic E-state index is 5.20. The van der Waals surface area contributed by atoms with Crippen molar-refractivity contribution >= 4 is 0 Å². The van der Waals surface area contributed by atoms with E-state index in [-0.39, 0.29) is 0 Å². The molecular weight excluding hydrogens is 226 g/mol. The topological polar surface area (TPSA) is 51.0 Å². The highest BCUT2D eigenvalue weighted by molar-refractivity contribution is 5.15. The predicted molar refractivity (Wildman–Crippen MR) is 70.4 cm³/mol. The zero-order valence-electron chi connectivity index (χ0n) is 10.7. The second kappa shape index (κ2) is 6.91. The van der Waals surface area contributed by atoms with Crippen LogP contribution < -0.4 is 5.32 Å². The van der Waals surface area contributed by atoms with Gasteiger partial charge in [0.2, 0.25) is 5.89 Å². The summed E-state index contributed by atoms with van der Waals surface area (Å²) in [7, 11) is 0. The van der Waals surface area contributed by atoms with Gasteiger partial charge in [0.1, 0.15) is 0 Å². The highest BCUT2D eigenvalue weighted by Crippen LogP contribution is 2.05. The van der Waals surface area contributed by atoms with E-state index in [1.165, 1.54) is 5.56 Å². The smallest absolute Gasteiger partial charge is 0.227 e. The van der Waals surface area contributed by atoms with Crippen molar-refractivity contribution in [3.8, 4) is 0 Å². The molecule has 0 saturated carbocycles. The van der Waals surface area contributed by atoms with Crippen molar-refractivity contribution in [3.05, 3.63) is 47.6 Å². The Labute approximate surface area is 107 Å². The molecule has 1 aromatic heterocycles. The number of aryl methyl sites for hydroxylation is 2. The molecule has 2 rings (SSSR count). The summed E-state index contributed by atoms with van der Waals surface area (Å²) in [5.74, 6) is 1.52. The molecule has 0 amide bonds. The first kappa shape index (κ1) is 12.8. The maximum Gasteiger partial charge on any atom is 0.227 e. The molecule has 0 aliphatic rings. The summed E-state index contributed by atoms with van der Waals surface area (Å²) in [6, 6.07) is 10.4. The van der Waals surface area contributed by atoms with E-state index < -0.39 is 0 Å². The molecule has 0 fully saturated rings. The zero-order chi connectivity index (χ0) is 12.6. The molecule has 1 heterocycles. The summed E-state index contributed by atoms with van der Waals surface area (Å²) in [5, 5.41) is 7.23. The Morgan fingerprint density at radius 2 is 1.94 bits per heavy atom. The first-order valence-corrected chi connectivity index (χ1v) is 6.44. The molecule has 0 atom stereocenters. The molecule has 2 aromatic rings. The van der Waals surface area contributed by atoms with Crippen LogP contribution in [0.5, 0.6) is 0 Å². The first-order valence-electron chi connectivity index (χ1n) is 6.44. The van der Waals surface area contributed by atoms with Gasteiger partial charge >= 0.3 is 0 Å². The SMILES string of the molecule is CCNCCc1nc(CCc2ccccc2)no1. The lowest BCUT2D eigenvalue weighted by Gasteiger charge is -1.96. The van der Waals surface area contributed by atoms with Crippen LogP contribution in [0, 0.1) is 0 Å². The van der Waals surface area contributed by atoms with Crippen molar-refractivity contribution < 1.29 is 4.52 Å². The molecule has 0 aliphatic carbocycles. The largest absolute Gasteiger partial charge is 0.339 e. The average molecular weight is 245 g/mol. The molecule has 1 aromatic carbocycles. The number of nitrogens with one attached hydrogen (secondary N) is 1. The molecule has 1 N–H and O–H groups in total. The zero-order valence-corrected chi connectivity index (χ0v) is 10.7. The fraction of sp³-hybridized carbons (Fsp3) is 0.429. The van der Waals surface area contributed by atoms with E-state index in [4.69, 9.17) is 4.52 Å². The van der Waals surface area contributed by atoms with Gasteiger partial charge in [-0.05, 0) is 18.5 Å². The van der Waals surface area contributed by atoms with Crippen molar-refractivity contribution in [2.45, 2.75) is 26.2 Å². The second-order valence-electron chi connectivity index (χ2n) is 4.19. The van der Waals surface area contributed by atoms with E-state index in [0.717, 1.165) is 44.1 Å². The van der Waals surface area contributed by atoms with Crippen molar-refractivity contribution in [2.24, 2.45) is 0 Å². The molecule has 96 valence electrons. The molecule has 0 saturated heterocycles. The van der Waals surface area contributed by atoms with Crippen molar-refractivity contribution in [1.82, 2.24) is 15.5 Å². The first-order chi connectivity index (χ1) is 8.88. The van der Waals surface area contributed by atoms with Gasteiger partial charge in [0, 0.05) is 19.4 Å². The number of benzene rings is 1. The van der Waals surface area contributed by atoms with Crippen molar-refractivity contribution in [1.29, 1.82) is 0 Å². The minimum Gasteiger partial charge on any atom is -0.339 e. The van der Waals surface area contributed by atoms with Gasteiger partial charge in [-0.1, -0.05) is 42.4 Å². The number of likely N-dealkylation sites (N-methyl/N-ethyl adjacent to an activating group) is 1. The Balaban J connectivity index is 1.80. The minimum atomic E-state index is 0.721. The average Bonchev–Trinajstić information content (AvgIpc) is 2.86. The summed E-state index contributed by atoms with van der Waals surface area (Å²) in [4.78, 5) is 4.38. The van der Waals surface area contributed by atoms with Crippen LogP contribution in [0.15, 0.2) is 34.9 Å². The summed E-state index contributed by atoms with van der Waals surface area (Å²) in [6.45, 7) is 3.94. The van der Waals surface area contributed by atoms with Crippen LogP contribution in [-0.4, -0.2) is 23.2 Å². The number of hydrogen-bond donors (Lipinski definition) is 1. The Morgan fingerprint density at radius 1 is 1.11 bits per heavy atom. The summed E-state index contributed by atoms with van der Waals surface area (Å²) < 4.78 is 5.20. The summed E-state index contributed by atoms with van der Waals surface area (Å²) in [5.41, 5.74) is 1.30. The molecule has 0 aliphatic heterocycles. The quantitative estimate of drug-likeness (QED) is 0.758. The molecule has 0 bridgehead atoms.